The number of anilines is 1. The van der Waals surface area contributed by atoms with Crippen LogP contribution in [0.5, 0.6) is 0 Å². The number of cyclic esters (lactones) is 1. The largest absolute Gasteiger partial charge is 1.00 e. The summed E-state index contributed by atoms with van der Waals surface area (Å²) in [6, 6.07) is 7.38. The molecule has 2 heterocycles. The Hall–Kier alpha value is 0.685. The van der Waals surface area contributed by atoms with E-state index in [4.69, 9.17) is 4.74 Å². The third-order valence-corrected chi connectivity index (χ3v) is 4.21. The van der Waals surface area contributed by atoms with E-state index in [2.05, 4.69) is 26.2 Å². The second-order valence-electron chi connectivity index (χ2n) is 5.20. The van der Waals surface area contributed by atoms with Crippen LogP contribution in [0.25, 0.3) is 0 Å². The Labute approximate surface area is 171 Å². The van der Waals surface area contributed by atoms with Gasteiger partial charge in [-0.05, 0) is 19.9 Å². The molecule has 1 saturated heterocycles. The van der Waals surface area contributed by atoms with E-state index in [-0.39, 0.29) is 70.4 Å². The number of carbonyl (C=O) groups excluding carboxylic acids is 1. The Morgan fingerprint density at radius 3 is 2.85 bits per heavy atom. The van der Waals surface area contributed by atoms with Crippen molar-refractivity contribution < 1.29 is 67.7 Å². The van der Waals surface area contributed by atoms with Crippen LogP contribution < -0.4 is 63.1 Å². The fraction of sp³-hybridized carbons (Fsp3) is 0.500. The Morgan fingerprint density at radius 1 is 1.40 bits per heavy atom. The number of fused-ring (bicyclic) bond motifs is 1. The van der Waals surface area contributed by atoms with Gasteiger partial charge >= 0.3 is 64.3 Å². The van der Waals surface area contributed by atoms with Gasteiger partial charge in [0.1, 0.15) is 6.10 Å². The summed E-state index contributed by atoms with van der Waals surface area (Å²) in [5.74, 6) is 0. The summed E-state index contributed by atoms with van der Waals surface area (Å²) in [7, 11) is 2.76. The molecule has 1 aromatic rings. The number of benzene rings is 1. The number of ether oxygens (including phenoxy) is 1. The molecule has 0 aliphatic carbocycles. The van der Waals surface area contributed by atoms with Crippen molar-refractivity contribution in [2.75, 3.05) is 24.5 Å². The zero-order valence-corrected chi connectivity index (χ0v) is 18.1. The summed E-state index contributed by atoms with van der Waals surface area (Å²) in [6.45, 7) is 4.60. The molecule has 0 N–H and O–H groups in total. The molecule has 102 valence electrons. The SMILES string of the molecule is CC1CN(c2c[c-]c3c(c2)CCN(P)CC3)C(=O)O1.[Rb+]. The van der Waals surface area contributed by atoms with Crippen molar-refractivity contribution in [3.05, 3.63) is 29.3 Å². The van der Waals surface area contributed by atoms with E-state index in [1.807, 2.05) is 13.0 Å². The first-order valence-corrected chi connectivity index (χ1v) is 7.16. The molecular weight excluding hydrogens is 345 g/mol. The minimum Gasteiger partial charge on any atom is -0.445 e. The molecule has 6 heteroatoms. The van der Waals surface area contributed by atoms with Crippen LogP contribution in [0.1, 0.15) is 18.1 Å². The molecule has 2 atom stereocenters. The minimum atomic E-state index is -0.248. The number of rotatable bonds is 1. The molecule has 1 amide bonds. The molecule has 0 spiro atoms. The average Bonchev–Trinajstić information content (AvgIpc) is 2.61. The molecule has 1 aromatic carbocycles. The molecule has 2 aliphatic heterocycles. The number of hydrogen-bond acceptors (Lipinski definition) is 3. The zero-order valence-electron chi connectivity index (χ0n) is 12.1. The smallest absolute Gasteiger partial charge is 0.445 e. The molecule has 20 heavy (non-hydrogen) atoms. The van der Waals surface area contributed by atoms with E-state index in [9.17, 15) is 4.79 Å². The fourth-order valence-corrected chi connectivity index (χ4v) is 2.88. The Bertz CT molecular complexity index is 512. The second kappa shape index (κ2) is 7.30. The fourth-order valence-electron chi connectivity index (χ4n) is 2.62. The molecule has 0 saturated carbocycles. The number of carbonyl (C=O) groups is 1. The maximum atomic E-state index is 11.8. The first-order chi connectivity index (χ1) is 9.13. The van der Waals surface area contributed by atoms with Crippen molar-refractivity contribution in [2.45, 2.75) is 25.9 Å². The van der Waals surface area contributed by atoms with Crippen LogP contribution in [0.2, 0.25) is 0 Å². The van der Waals surface area contributed by atoms with Gasteiger partial charge in [0.2, 0.25) is 0 Å². The molecule has 2 aliphatic rings. The number of nitrogens with zero attached hydrogens (tertiary/aromatic N) is 2. The van der Waals surface area contributed by atoms with Crippen molar-refractivity contribution in [1.29, 1.82) is 0 Å². The van der Waals surface area contributed by atoms with E-state index in [0.717, 1.165) is 31.6 Å². The van der Waals surface area contributed by atoms with Crippen LogP contribution in [-0.4, -0.2) is 36.5 Å². The quantitative estimate of drug-likeness (QED) is 0.476. The number of hydrogen-bond donors (Lipinski definition) is 0. The normalized spacial score (nSPS) is 22.8. The predicted octanol–water partition coefficient (Wildman–Crippen LogP) is -0.973. The van der Waals surface area contributed by atoms with Gasteiger partial charge in [0.25, 0.3) is 0 Å². The maximum Gasteiger partial charge on any atom is 1.00 e. The standard InChI is InChI=1S/C14H18N2O2P.Rb/c1-10-9-16(14(17)18-10)13-3-2-11-4-6-15(19)7-5-12(11)8-13;/h3,8,10H,4-7,9,19H2,1H3;/q-1;+1. The van der Waals surface area contributed by atoms with E-state index in [1.165, 1.54) is 11.1 Å². The van der Waals surface area contributed by atoms with Crippen molar-refractivity contribution in [3.8, 4) is 0 Å². The topological polar surface area (TPSA) is 32.8 Å². The van der Waals surface area contributed by atoms with Gasteiger partial charge in [-0.1, -0.05) is 21.5 Å². The molecule has 0 radical (unpaired) electrons. The van der Waals surface area contributed by atoms with Crippen molar-refractivity contribution in [1.82, 2.24) is 4.67 Å². The predicted molar refractivity (Wildman–Crippen MR) is 77.3 cm³/mol. The summed E-state index contributed by atoms with van der Waals surface area (Å²) in [6.07, 6.45) is 1.73. The van der Waals surface area contributed by atoms with Gasteiger partial charge in [-0.2, -0.15) is 17.7 Å². The van der Waals surface area contributed by atoms with Gasteiger partial charge in [0.15, 0.2) is 0 Å². The molecular formula is C14H18N2O2PRb. The summed E-state index contributed by atoms with van der Waals surface area (Å²) >= 11 is 0. The van der Waals surface area contributed by atoms with E-state index in [1.54, 1.807) is 4.90 Å². The first-order valence-electron chi connectivity index (χ1n) is 6.65. The van der Waals surface area contributed by atoms with Gasteiger partial charge in [-0.25, -0.2) is 4.79 Å². The van der Waals surface area contributed by atoms with E-state index >= 15 is 0 Å². The first kappa shape index (κ1) is 17.0. The third kappa shape index (κ3) is 3.71. The summed E-state index contributed by atoms with van der Waals surface area (Å²) < 4.78 is 7.43. The van der Waals surface area contributed by atoms with Crippen molar-refractivity contribution >= 4 is 21.2 Å². The molecule has 4 nitrogen and oxygen atoms in total. The van der Waals surface area contributed by atoms with Crippen LogP contribution in [0.3, 0.4) is 0 Å². The minimum absolute atomic E-state index is 0. The summed E-state index contributed by atoms with van der Waals surface area (Å²) in [5, 5.41) is 0. The van der Waals surface area contributed by atoms with E-state index < -0.39 is 0 Å². The molecule has 0 aromatic heterocycles. The van der Waals surface area contributed by atoms with Gasteiger partial charge in [-0.15, -0.1) is 11.6 Å². The summed E-state index contributed by atoms with van der Waals surface area (Å²) in [4.78, 5) is 13.5. The molecule has 3 rings (SSSR count). The van der Waals surface area contributed by atoms with E-state index in [0.29, 0.717) is 6.54 Å². The Morgan fingerprint density at radius 2 is 2.15 bits per heavy atom. The summed E-state index contributed by atoms with van der Waals surface area (Å²) in [5.41, 5.74) is 3.48. The van der Waals surface area contributed by atoms with Gasteiger partial charge in [-0.3, -0.25) is 4.67 Å². The second-order valence-corrected chi connectivity index (χ2v) is 5.93. The van der Waals surface area contributed by atoms with Crippen LogP contribution in [0, 0.1) is 6.07 Å². The zero-order chi connectivity index (χ0) is 13.4. The van der Waals surface area contributed by atoms with Crippen LogP contribution in [-0.2, 0) is 17.6 Å². The Kier molecular flexibility index (Phi) is 6.22. The van der Waals surface area contributed by atoms with Crippen molar-refractivity contribution in [2.24, 2.45) is 0 Å². The third-order valence-electron chi connectivity index (χ3n) is 3.70. The molecule has 2 unspecified atom stereocenters. The van der Waals surface area contributed by atoms with Crippen LogP contribution in [0.4, 0.5) is 10.5 Å². The number of amides is 1. The average molecular weight is 363 g/mol. The molecule has 1 fully saturated rings. The van der Waals surface area contributed by atoms with Gasteiger partial charge in [0.05, 0.1) is 6.54 Å². The molecule has 0 bridgehead atoms. The van der Waals surface area contributed by atoms with Crippen LogP contribution >= 0.6 is 9.39 Å². The van der Waals surface area contributed by atoms with Crippen molar-refractivity contribution in [3.63, 3.8) is 0 Å². The maximum absolute atomic E-state index is 11.8. The van der Waals surface area contributed by atoms with Gasteiger partial charge in [0, 0.05) is 6.54 Å². The monoisotopic (exact) mass is 362 g/mol. The van der Waals surface area contributed by atoms with Crippen LogP contribution in [0.15, 0.2) is 12.1 Å². The van der Waals surface area contributed by atoms with Gasteiger partial charge < -0.3 is 9.64 Å². The Balaban J connectivity index is 0.00000147.